The number of benzene rings is 2. The van der Waals surface area contributed by atoms with E-state index in [1.165, 1.54) is 0 Å². The Kier molecular flexibility index (Phi) is 6.32. The lowest BCUT2D eigenvalue weighted by Gasteiger charge is -2.15. The van der Waals surface area contributed by atoms with Gasteiger partial charge in [0.05, 0.1) is 0 Å². The van der Waals surface area contributed by atoms with Gasteiger partial charge in [-0.3, -0.25) is 10.1 Å². The predicted molar refractivity (Wildman–Crippen MR) is 88.5 cm³/mol. The molecule has 23 heavy (non-hydrogen) atoms. The Bertz CT molecular complexity index is 629. The molecule has 2 aromatic rings. The third-order valence-corrected chi connectivity index (χ3v) is 3.45. The standard InChI is InChI=1S/C18H21N3O2/c1-2-19-18(23)21-17(22)16(15-11-7-4-8-12-15)20-13-14-9-5-3-6-10-14/h3-12,16,20H,2,13H2,1H3,(H2,19,21,22,23)/p+1/t16-/m0/s1. The van der Waals surface area contributed by atoms with Gasteiger partial charge in [-0.2, -0.15) is 0 Å². The fourth-order valence-electron chi connectivity index (χ4n) is 2.32. The maximum Gasteiger partial charge on any atom is 0.321 e. The molecule has 0 aliphatic heterocycles. The minimum Gasteiger partial charge on any atom is -0.338 e. The Hall–Kier alpha value is -2.66. The summed E-state index contributed by atoms with van der Waals surface area (Å²) in [5.41, 5.74) is 1.99. The van der Waals surface area contributed by atoms with Gasteiger partial charge in [-0.15, -0.1) is 0 Å². The lowest BCUT2D eigenvalue weighted by Crippen LogP contribution is -2.86. The van der Waals surface area contributed by atoms with Gasteiger partial charge in [-0.1, -0.05) is 60.7 Å². The molecule has 0 unspecified atom stereocenters. The Morgan fingerprint density at radius 1 is 1.00 bits per heavy atom. The number of rotatable bonds is 6. The van der Waals surface area contributed by atoms with Crippen LogP contribution in [0, 0.1) is 0 Å². The van der Waals surface area contributed by atoms with Crippen molar-refractivity contribution in [3.8, 4) is 0 Å². The van der Waals surface area contributed by atoms with Crippen LogP contribution < -0.4 is 16.0 Å². The van der Waals surface area contributed by atoms with Crippen molar-refractivity contribution in [3.05, 3.63) is 71.8 Å². The van der Waals surface area contributed by atoms with Crippen LogP contribution in [-0.4, -0.2) is 18.5 Å². The highest BCUT2D eigenvalue weighted by molar-refractivity contribution is 5.96. The van der Waals surface area contributed by atoms with E-state index in [0.29, 0.717) is 13.1 Å². The first-order valence-corrected chi connectivity index (χ1v) is 7.71. The van der Waals surface area contributed by atoms with Crippen LogP contribution in [-0.2, 0) is 11.3 Å². The molecule has 0 saturated heterocycles. The minimum atomic E-state index is -0.473. The molecule has 1 atom stereocenters. The molecule has 0 fully saturated rings. The fraction of sp³-hybridized carbons (Fsp3) is 0.222. The second kappa shape index (κ2) is 8.70. The molecule has 2 rings (SSSR count). The molecule has 0 radical (unpaired) electrons. The van der Waals surface area contributed by atoms with E-state index in [4.69, 9.17) is 0 Å². The molecule has 0 aliphatic rings. The normalized spacial score (nSPS) is 11.5. The maximum atomic E-state index is 12.4. The highest BCUT2D eigenvalue weighted by Crippen LogP contribution is 2.09. The molecule has 120 valence electrons. The number of nitrogens with one attached hydrogen (secondary N) is 2. The van der Waals surface area contributed by atoms with E-state index >= 15 is 0 Å². The van der Waals surface area contributed by atoms with Crippen molar-refractivity contribution >= 4 is 11.9 Å². The van der Waals surface area contributed by atoms with Crippen LogP contribution >= 0.6 is 0 Å². The molecule has 0 heterocycles. The first-order valence-electron chi connectivity index (χ1n) is 7.71. The number of nitrogens with two attached hydrogens (primary N) is 1. The van der Waals surface area contributed by atoms with Crippen molar-refractivity contribution in [2.75, 3.05) is 6.54 Å². The van der Waals surface area contributed by atoms with Crippen LogP contribution in [0.5, 0.6) is 0 Å². The van der Waals surface area contributed by atoms with Crippen molar-refractivity contribution in [3.63, 3.8) is 0 Å². The summed E-state index contributed by atoms with van der Waals surface area (Å²) in [6.07, 6.45) is 0. The van der Waals surface area contributed by atoms with Gasteiger partial charge >= 0.3 is 6.03 Å². The van der Waals surface area contributed by atoms with Crippen LogP contribution in [0.15, 0.2) is 60.7 Å². The second-order valence-electron chi connectivity index (χ2n) is 5.16. The number of quaternary nitrogens is 1. The first-order chi connectivity index (χ1) is 11.2. The van der Waals surface area contributed by atoms with Gasteiger partial charge in [0.1, 0.15) is 6.54 Å². The van der Waals surface area contributed by atoms with Gasteiger partial charge in [-0.25, -0.2) is 4.79 Å². The van der Waals surface area contributed by atoms with Crippen molar-refractivity contribution in [2.24, 2.45) is 0 Å². The average Bonchev–Trinajstić information content (AvgIpc) is 2.57. The molecular formula is C18H22N3O2+. The quantitative estimate of drug-likeness (QED) is 0.753. The molecule has 0 aromatic heterocycles. The molecule has 3 amide bonds. The Labute approximate surface area is 136 Å². The minimum absolute atomic E-state index is 0.321. The van der Waals surface area contributed by atoms with E-state index in [-0.39, 0.29) is 5.91 Å². The molecule has 0 aliphatic carbocycles. The van der Waals surface area contributed by atoms with Crippen LogP contribution in [0.4, 0.5) is 4.79 Å². The third-order valence-electron chi connectivity index (χ3n) is 3.45. The SMILES string of the molecule is CCNC(=O)NC(=O)[C@@H]([NH2+]Cc1ccccc1)c1ccccc1. The van der Waals surface area contributed by atoms with E-state index < -0.39 is 12.1 Å². The summed E-state index contributed by atoms with van der Waals surface area (Å²) in [4.78, 5) is 24.1. The van der Waals surface area contributed by atoms with Gasteiger partial charge in [0.2, 0.25) is 0 Å². The molecule has 5 nitrogen and oxygen atoms in total. The highest BCUT2D eigenvalue weighted by atomic mass is 16.2. The smallest absolute Gasteiger partial charge is 0.321 e. The zero-order valence-corrected chi connectivity index (χ0v) is 13.2. The number of urea groups is 1. The summed E-state index contributed by atoms with van der Waals surface area (Å²) < 4.78 is 0. The summed E-state index contributed by atoms with van der Waals surface area (Å²) in [6, 6.07) is 18.4. The summed E-state index contributed by atoms with van der Waals surface area (Å²) in [5, 5.41) is 6.90. The molecule has 0 bridgehead atoms. The molecule has 0 spiro atoms. The van der Waals surface area contributed by atoms with Gasteiger partial charge < -0.3 is 10.6 Å². The third kappa shape index (κ3) is 5.23. The van der Waals surface area contributed by atoms with Crippen LogP contribution in [0.3, 0.4) is 0 Å². The van der Waals surface area contributed by atoms with Crippen molar-refractivity contribution in [2.45, 2.75) is 19.5 Å². The Morgan fingerprint density at radius 2 is 1.61 bits per heavy atom. The molecular weight excluding hydrogens is 290 g/mol. The number of amides is 3. The predicted octanol–water partition coefficient (Wildman–Crippen LogP) is 1.34. The molecule has 5 heteroatoms. The van der Waals surface area contributed by atoms with E-state index in [0.717, 1.165) is 11.1 Å². The molecule has 2 aromatic carbocycles. The van der Waals surface area contributed by atoms with Crippen LogP contribution in [0.25, 0.3) is 0 Å². The first kappa shape index (κ1) is 16.7. The summed E-state index contributed by atoms with van der Waals surface area (Å²) in [6.45, 7) is 2.94. The van der Waals surface area contributed by atoms with E-state index in [2.05, 4.69) is 10.6 Å². The number of carbonyl (C=O) groups excluding carboxylic acids is 2. The van der Waals surface area contributed by atoms with Crippen LogP contribution in [0.2, 0.25) is 0 Å². The number of imide groups is 1. The lowest BCUT2D eigenvalue weighted by atomic mass is 10.1. The molecule has 4 N–H and O–H groups in total. The average molecular weight is 312 g/mol. The second-order valence-corrected chi connectivity index (χ2v) is 5.16. The largest absolute Gasteiger partial charge is 0.338 e. The van der Waals surface area contributed by atoms with E-state index in [1.54, 1.807) is 6.92 Å². The fourth-order valence-corrected chi connectivity index (χ4v) is 2.32. The Balaban J connectivity index is 2.09. The van der Waals surface area contributed by atoms with E-state index in [9.17, 15) is 9.59 Å². The summed E-state index contributed by atoms with van der Waals surface area (Å²) >= 11 is 0. The van der Waals surface area contributed by atoms with Gasteiger partial charge in [0.15, 0.2) is 6.04 Å². The highest BCUT2D eigenvalue weighted by Gasteiger charge is 2.25. The number of hydrogen-bond donors (Lipinski definition) is 3. The topological polar surface area (TPSA) is 74.8 Å². The number of hydrogen-bond acceptors (Lipinski definition) is 2. The maximum absolute atomic E-state index is 12.4. The van der Waals surface area contributed by atoms with Crippen molar-refractivity contribution in [1.29, 1.82) is 0 Å². The zero-order valence-electron chi connectivity index (χ0n) is 13.2. The van der Waals surface area contributed by atoms with E-state index in [1.807, 2.05) is 66.0 Å². The van der Waals surface area contributed by atoms with Crippen molar-refractivity contribution in [1.82, 2.24) is 10.6 Å². The zero-order chi connectivity index (χ0) is 16.5. The monoisotopic (exact) mass is 312 g/mol. The van der Waals surface area contributed by atoms with Crippen molar-refractivity contribution < 1.29 is 14.9 Å². The van der Waals surface area contributed by atoms with Gasteiger partial charge in [0.25, 0.3) is 5.91 Å². The summed E-state index contributed by atoms with van der Waals surface area (Å²) in [5.74, 6) is -0.321. The van der Waals surface area contributed by atoms with Gasteiger partial charge in [0, 0.05) is 17.7 Å². The molecule has 0 saturated carbocycles. The Morgan fingerprint density at radius 3 is 2.22 bits per heavy atom. The lowest BCUT2D eigenvalue weighted by molar-refractivity contribution is -0.698. The van der Waals surface area contributed by atoms with Crippen LogP contribution in [0.1, 0.15) is 24.1 Å². The van der Waals surface area contributed by atoms with Gasteiger partial charge in [-0.05, 0) is 6.92 Å². The number of carbonyl (C=O) groups is 2. The summed E-state index contributed by atoms with van der Waals surface area (Å²) in [7, 11) is 0.